The van der Waals surface area contributed by atoms with Crippen molar-refractivity contribution in [1.29, 1.82) is 0 Å². The Labute approximate surface area is 88.2 Å². The second-order valence-electron chi connectivity index (χ2n) is 3.76. The Morgan fingerprint density at radius 1 is 1.53 bits per heavy atom. The number of imide groups is 1. The van der Waals surface area contributed by atoms with Gasteiger partial charge in [-0.15, -0.1) is 0 Å². The summed E-state index contributed by atoms with van der Waals surface area (Å²) in [6, 6.07) is 0. The third-order valence-electron chi connectivity index (χ3n) is 2.49. The molecule has 1 aliphatic rings. The molecule has 0 radical (unpaired) electrons. The molecule has 1 rings (SSSR count). The molecule has 0 saturated carbocycles. The molecule has 0 aromatic rings. The van der Waals surface area contributed by atoms with Crippen LogP contribution in [0.4, 0.5) is 4.79 Å². The molecule has 1 aliphatic heterocycles. The van der Waals surface area contributed by atoms with Gasteiger partial charge < -0.3 is 9.84 Å². The third-order valence-corrected chi connectivity index (χ3v) is 2.49. The standard InChI is InChI=1S/C9H16N2O4/c1-3-9(14)5-11(6-9)4-7(12)10-8(13)15-2/h14H,3-6H2,1-2H3,(H,10,12,13). The minimum atomic E-state index is -0.758. The van der Waals surface area contributed by atoms with E-state index < -0.39 is 17.6 Å². The first-order valence-corrected chi connectivity index (χ1v) is 4.81. The van der Waals surface area contributed by atoms with Crippen LogP contribution >= 0.6 is 0 Å². The summed E-state index contributed by atoms with van der Waals surface area (Å²) in [6.45, 7) is 2.94. The second-order valence-corrected chi connectivity index (χ2v) is 3.76. The average Bonchev–Trinajstić information content (AvgIpc) is 2.14. The molecule has 0 aliphatic carbocycles. The summed E-state index contributed by atoms with van der Waals surface area (Å²) in [5.74, 6) is -0.417. The quantitative estimate of drug-likeness (QED) is 0.654. The highest BCUT2D eigenvalue weighted by Crippen LogP contribution is 2.23. The lowest BCUT2D eigenvalue weighted by molar-refractivity contribution is -0.132. The third kappa shape index (κ3) is 3.17. The van der Waals surface area contributed by atoms with E-state index in [1.54, 1.807) is 4.90 Å². The number of nitrogens with zero attached hydrogens (tertiary/aromatic N) is 1. The molecule has 1 saturated heterocycles. The van der Waals surface area contributed by atoms with Gasteiger partial charge in [-0.3, -0.25) is 15.0 Å². The lowest BCUT2D eigenvalue weighted by atomic mass is 9.91. The number of carbonyl (C=O) groups is 2. The molecule has 0 unspecified atom stereocenters. The van der Waals surface area contributed by atoms with Crippen molar-refractivity contribution < 1.29 is 19.4 Å². The lowest BCUT2D eigenvalue weighted by Crippen LogP contribution is -2.63. The summed E-state index contributed by atoms with van der Waals surface area (Å²) >= 11 is 0. The molecule has 6 heteroatoms. The van der Waals surface area contributed by atoms with Crippen molar-refractivity contribution in [1.82, 2.24) is 10.2 Å². The van der Waals surface area contributed by atoms with Gasteiger partial charge in [-0.2, -0.15) is 0 Å². The number of rotatable bonds is 3. The highest BCUT2D eigenvalue weighted by atomic mass is 16.5. The molecule has 1 fully saturated rings. The van der Waals surface area contributed by atoms with Crippen molar-refractivity contribution >= 4 is 12.0 Å². The normalized spacial score (nSPS) is 19.1. The van der Waals surface area contributed by atoms with E-state index in [4.69, 9.17) is 0 Å². The van der Waals surface area contributed by atoms with Crippen molar-refractivity contribution in [3.05, 3.63) is 0 Å². The van der Waals surface area contributed by atoms with Crippen molar-refractivity contribution in [2.24, 2.45) is 0 Å². The summed E-state index contributed by atoms with van der Waals surface area (Å²) in [6.07, 6.45) is -0.0893. The molecule has 15 heavy (non-hydrogen) atoms. The number of amides is 2. The van der Waals surface area contributed by atoms with E-state index in [9.17, 15) is 14.7 Å². The maximum absolute atomic E-state index is 11.2. The number of methoxy groups -OCH3 is 1. The van der Waals surface area contributed by atoms with E-state index in [0.29, 0.717) is 19.5 Å². The summed E-state index contributed by atoms with van der Waals surface area (Å²) in [5, 5.41) is 11.7. The van der Waals surface area contributed by atoms with Crippen molar-refractivity contribution in [3.63, 3.8) is 0 Å². The highest BCUT2D eigenvalue weighted by molar-refractivity contribution is 5.92. The van der Waals surface area contributed by atoms with E-state index >= 15 is 0 Å². The fourth-order valence-corrected chi connectivity index (χ4v) is 1.53. The lowest BCUT2D eigenvalue weighted by Gasteiger charge is -2.45. The van der Waals surface area contributed by atoms with Gasteiger partial charge in [-0.25, -0.2) is 4.79 Å². The molecular weight excluding hydrogens is 200 g/mol. The zero-order chi connectivity index (χ0) is 11.5. The van der Waals surface area contributed by atoms with Gasteiger partial charge in [0.2, 0.25) is 5.91 Å². The first-order valence-electron chi connectivity index (χ1n) is 4.81. The number of β-amino-alcohol motifs (C(OH)–C–C–N with tert-alkyl or cyclic N) is 1. The predicted molar refractivity (Wildman–Crippen MR) is 52.2 cm³/mol. The van der Waals surface area contributed by atoms with Crippen LogP contribution in [0.15, 0.2) is 0 Å². The molecular formula is C9H16N2O4. The van der Waals surface area contributed by atoms with E-state index in [-0.39, 0.29) is 6.54 Å². The summed E-state index contributed by atoms with van der Waals surface area (Å²) in [7, 11) is 1.20. The molecule has 2 N–H and O–H groups in total. The maximum Gasteiger partial charge on any atom is 0.413 e. The zero-order valence-electron chi connectivity index (χ0n) is 8.95. The van der Waals surface area contributed by atoms with Crippen LogP contribution in [0.25, 0.3) is 0 Å². The summed E-state index contributed by atoms with van der Waals surface area (Å²) < 4.78 is 4.28. The zero-order valence-corrected chi connectivity index (χ0v) is 8.95. The highest BCUT2D eigenvalue weighted by Gasteiger charge is 2.39. The van der Waals surface area contributed by atoms with Gasteiger partial charge in [-0.05, 0) is 6.42 Å². The summed E-state index contributed by atoms with van der Waals surface area (Å²) in [5.41, 5.74) is -0.661. The minimum Gasteiger partial charge on any atom is -0.453 e. The Bertz CT molecular complexity index is 261. The van der Waals surface area contributed by atoms with Crippen molar-refractivity contribution in [3.8, 4) is 0 Å². The molecule has 86 valence electrons. The van der Waals surface area contributed by atoms with Crippen molar-refractivity contribution in [2.75, 3.05) is 26.7 Å². The number of ether oxygens (including phenoxy) is 1. The van der Waals surface area contributed by atoms with Crippen LogP contribution in [0.1, 0.15) is 13.3 Å². The van der Waals surface area contributed by atoms with Crippen molar-refractivity contribution in [2.45, 2.75) is 18.9 Å². The molecule has 0 aromatic carbocycles. The Hall–Kier alpha value is -1.14. The number of hydrogen-bond donors (Lipinski definition) is 2. The van der Waals surface area contributed by atoms with Crippen LogP contribution in [0.5, 0.6) is 0 Å². The van der Waals surface area contributed by atoms with Crippen LogP contribution in [0.3, 0.4) is 0 Å². The largest absolute Gasteiger partial charge is 0.453 e. The SMILES string of the molecule is CCC1(O)CN(CC(=O)NC(=O)OC)C1. The average molecular weight is 216 g/mol. The number of carbonyl (C=O) groups excluding carboxylic acids is 2. The Morgan fingerprint density at radius 3 is 2.60 bits per heavy atom. The molecule has 1 heterocycles. The van der Waals surface area contributed by atoms with Gasteiger partial charge in [0, 0.05) is 13.1 Å². The molecule has 6 nitrogen and oxygen atoms in total. The smallest absolute Gasteiger partial charge is 0.413 e. The van der Waals surface area contributed by atoms with Crippen LogP contribution in [0, 0.1) is 0 Å². The summed E-state index contributed by atoms with van der Waals surface area (Å²) in [4.78, 5) is 23.6. The number of nitrogens with one attached hydrogen (secondary N) is 1. The van der Waals surface area contributed by atoms with Crippen LogP contribution in [-0.4, -0.2) is 54.4 Å². The number of alkyl carbamates (subject to hydrolysis) is 1. The second kappa shape index (κ2) is 4.59. The van der Waals surface area contributed by atoms with Gasteiger partial charge >= 0.3 is 6.09 Å². The topological polar surface area (TPSA) is 78.9 Å². The van der Waals surface area contributed by atoms with Gasteiger partial charge in [0.05, 0.1) is 19.3 Å². The monoisotopic (exact) mass is 216 g/mol. The first-order chi connectivity index (χ1) is 6.99. The Balaban J connectivity index is 2.22. The number of likely N-dealkylation sites (tertiary alicyclic amines) is 1. The Morgan fingerprint density at radius 2 is 2.13 bits per heavy atom. The first kappa shape index (κ1) is 11.9. The van der Waals surface area contributed by atoms with Gasteiger partial charge in [0.25, 0.3) is 0 Å². The molecule has 0 spiro atoms. The fraction of sp³-hybridized carbons (Fsp3) is 0.778. The molecule has 2 amide bonds. The van der Waals surface area contributed by atoms with E-state index in [0.717, 1.165) is 0 Å². The minimum absolute atomic E-state index is 0.109. The van der Waals surface area contributed by atoms with E-state index in [1.165, 1.54) is 7.11 Å². The molecule has 0 atom stereocenters. The van der Waals surface area contributed by atoms with Gasteiger partial charge in [0.15, 0.2) is 0 Å². The van der Waals surface area contributed by atoms with E-state index in [2.05, 4.69) is 10.1 Å². The number of hydrogen-bond acceptors (Lipinski definition) is 5. The van der Waals surface area contributed by atoms with Crippen LogP contribution in [-0.2, 0) is 9.53 Å². The Kier molecular flexibility index (Phi) is 3.65. The van der Waals surface area contributed by atoms with Crippen LogP contribution < -0.4 is 5.32 Å². The van der Waals surface area contributed by atoms with Crippen LogP contribution in [0.2, 0.25) is 0 Å². The molecule has 0 bridgehead atoms. The molecule has 0 aromatic heterocycles. The number of aliphatic hydroxyl groups is 1. The maximum atomic E-state index is 11.2. The predicted octanol–water partition coefficient (Wildman–Crippen LogP) is -0.674. The van der Waals surface area contributed by atoms with Gasteiger partial charge in [0.1, 0.15) is 0 Å². The van der Waals surface area contributed by atoms with Gasteiger partial charge in [-0.1, -0.05) is 6.92 Å². The van der Waals surface area contributed by atoms with E-state index in [1.807, 2.05) is 6.92 Å². The fourth-order valence-electron chi connectivity index (χ4n) is 1.53.